The van der Waals surface area contributed by atoms with Crippen LogP contribution in [0, 0.1) is 0 Å². The zero-order valence-corrected chi connectivity index (χ0v) is 12.3. The Morgan fingerprint density at radius 1 is 1.20 bits per heavy atom. The van der Waals surface area contributed by atoms with E-state index < -0.39 is 0 Å². The monoisotopic (exact) mass is 288 g/mol. The summed E-state index contributed by atoms with van der Waals surface area (Å²) in [6.07, 6.45) is 5.38. The van der Waals surface area contributed by atoms with Crippen molar-refractivity contribution in [3.05, 3.63) is 53.0 Å². The van der Waals surface area contributed by atoms with Gasteiger partial charge in [-0.25, -0.2) is 0 Å². The Balaban J connectivity index is 2.07. The van der Waals surface area contributed by atoms with Gasteiger partial charge >= 0.3 is 0 Å². The molecule has 2 amide bonds. The van der Waals surface area contributed by atoms with Gasteiger partial charge in [0.15, 0.2) is 0 Å². The van der Waals surface area contributed by atoms with Crippen LogP contribution in [0.1, 0.15) is 5.56 Å². The summed E-state index contributed by atoms with van der Waals surface area (Å²) in [4.78, 5) is 27.3. The Morgan fingerprint density at radius 3 is 2.55 bits per heavy atom. The molecule has 0 aliphatic carbocycles. The van der Waals surface area contributed by atoms with Crippen molar-refractivity contribution in [2.75, 3.05) is 20.8 Å². The number of benzene rings is 1. The molecule has 1 aliphatic heterocycles. The first-order valence-corrected chi connectivity index (χ1v) is 7.01. The molecule has 1 heterocycles. The van der Waals surface area contributed by atoms with Crippen molar-refractivity contribution in [2.24, 2.45) is 0 Å². The lowest BCUT2D eigenvalue weighted by atomic mass is 10.2. The van der Waals surface area contributed by atoms with Crippen molar-refractivity contribution >= 4 is 29.0 Å². The van der Waals surface area contributed by atoms with E-state index in [4.69, 9.17) is 0 Å². The molecular formula is C15H16N2O2S. The number of carbonyl (C=O) groups is 2. The van der Waals surface area contributed by atoms with Crippen molar-refractivity contribution in [1.29, 1.82) is 0 Å². The molecule has 5 heteroatoms. The predicted octanol–water partition coefficient (Wildman–Crippen LogP) is 2.80. The molecule has 0 saturated carbocycles. The minimum atomic E-state index is -0.230. The summed E-state index contributed by atoms with van der Waals surface area (Å²) in [6.45, 7) is 0.310. The molecule has 0 radical (unpaired) electrons. The number of allylic oxidation sites excluding steroid dienone is 2. The van der Waals surface area contributed by atoms with Gasteiger partial charge in [-0.05, 0) is 37.5 Å². The van der Waals surface area contributed by atoms with Gasteiger partial charge in [-0.3, -0.25) is 19.4 Å². The molecule has 1 aromatic carbocycles. The molecular weight excluding hydrogens is 272 g/mol. The van der Waals surface area contributed by atoms with Crippen molar-refractivity contribution in [2.45, 2.75) is 0 Å². The molecule has 1 fully saturated rings. The van der Waals surface area contributed by atoms with Gasteiger partial charge in [0.05, 0.1) is 11.6 Å². The maximum absolute atomic E-state index is 12.0. The third-order valence-electron chi connectivity index (χ3n) is 2.63. The van der Waals surface area contributed by atoms with Gasteiger partial charge in [0, 0.05) is 0 Å². The molecule has 0 aromatic heterocycles. The second kappa shape index (κ2) is 6.54. The van der Waals surface area contributed by atoms with Gasteiger partial charge in [0.25, 0.3) is 11.1 Å². The highest BCUT2D eigenvalue weighted by atomic mass is 32.2. The topological polar surface area (TPSA) is 40.6 Å². The summed E-state index contributed by atoms with van der Waals surface area (Å²) in [5.41, 5.74) is 1.05. The number of amides is 2. The highest BCUT2D eigenvalue weighted by Crippen LogP contribution is 2.30. The molecule has 1 aromatic rings. The lowest BCUT2D eigenvalue weighted by molar-refractivity contribution is -0.124. The van der Waals surface area contributed by atoms with Crippen molar-refractivity contribution in [3.8, 4) is 0 Å². The number of rotatable bonds is 4. The van der Waals surface area contributed by atoms with E-state index >= 15 is 0 Å². The average Bonchev–Trinajstić information content (AvgIpc) is 2.67. The number of hydrogen-bond donors (Lipinski definition) is 0. The molecule has 2 rings (SSSR count). The second-order valence-electron chi connectivity index (χ2n) is 4.62. The van der Waals surface area contributed by atoms with E-state index in [1.165, 1.54) is 4.90 Å². The Bertz CT molecular complexity index is 564. The number of hydrogen-bond acceptors (Lipinski definition) is 4. The SMILES string of the molecule is CN(C)CN1C(=O)S/C(=C/C=C/c2ccccc2)C1=O. The first kappa shape index (κ1) is 14.6. The smallest absolute Gasteiger partial charge is 0.292 e. The maximum atomic E-state index is 12.0. The van der Waals surface area contributed by atoms with Gasteiger partial charge in [-0.1, -0.05) is 42.5 Å². The van der Waals surface area contributed by atoms with Gasteiger partial charge in [0.1, 0.15) is 0 Å². The molecule has 0 N–H and O–H groups in total. The zero-order valence-electron chi connectivity index (χ0n) is 11.4. The third-order valence-corrected chi connectivity index (χ3v) is 3.56. The fourth-order valence-corrected chi connectivity index (χ4v) is 2.51. The summed E-state index contributed by atoms with van der Waals surface area (Å²) in [5.74, 6) is -0.230. The van der Waals surface area contributed by atoms with E-state index in [1.54, 1.807) is 17.1 Å². The molecule has 4 nitrogen and oxygen atoms in total. The Hall–Kier alpha value is -1.85. The lowest BCUT2D eigenvalue weighted by Gasteiger charge is -2.17. The third kappa shape index (κ3) is 3.59. The van der Waals surface area contributed by atoms with Crippen LogP contribution in [0.3, 0.4) is 0 Å². The van der Waals surface area contributed by atoms with E-state index in [0.717, 1.165) is 17.3 Å². The Kier molecular flexibility index (Phi) is 4.76. The quantitative estimate of drug-likeness (QED) is 0.799. The lowest BCUT2D eigenvalue weighted by Crippen LogP contribution is -2.36. The van der Waals surface area contributed by atoms with Crippen LogP contribution in [-0.2, 0) is 4.79 Å². The molecule has 0 bridgehead atoms. The van der Waals surface area contributed by atoms with Gasteiger partial charge < -0.3 is 0 Å². The van der Waals surface area contributed by atoms with E-state index in [2.05, 4.69) is 0 Å². The predicted molar refractivity (Wildman–Crippen MR) is 81.9 cm³/mol. The van der Waals surface area contributed by atoms with Crippen LogP contribution in [0.5, 0.6) is 0 Å². The van der Waals surface area contributed by atoms with Crippen LogP contribution in [0.4, 0.5) is 4.79 Å². The second-order valence-corrected chi connectivity index (χ2v) is 5.62. The Morgan fingerprint density at radius 2 is 1.90 bits per heavy atom. The minimum Gasteiger partial charge on any atom is -0.292 e. The maximum Gasteiger partial charge on any atom is 0.294 e. The summed E-state index contributed by atoms with van der Waals surface area (Å²) < 4.78 is 0. The molecule has 0 spiro atoms. The number of thioether (sulfide) groups is 1. The van der Waals surface area contributed by atoms with E-state index in [-0.39, 0.29) is 11.1 Å². The normalized spacial score (nSPS) is 17.9. The summed E-state index contributed by atoms with van der Waals surface area (Å²) in [6, 6.07) is 9.80. The van der Waals surface area contributed by atoms with E-state index in [0.29, 0.717) is 11.6 Å². The van der Waals surface area contributed by atoms with Crippen LogP contribution in [0.15, 0.2) is 47.4 Å². The van der Waals surface area contributed by atoms with Crippen LogP contribution in [0.25, 0.3) is 6.08 Å². The number of nitrogens with zero attached hydrogens (tertiary/aromatic N) is 2. The van der Waals surface area contributed by atoms with Crippen molar-refractivity contribution < 1.29 is 9.59 Å². The first-order valence-electron chi connectivity index (χ1n) is 6.20. The molecule has 20 heavy (non-hydrogen) atoms. The zero-order chi connectivity index (χ0) is 14.5. The van der Waals surface area contributed by atoms with Crippen molar-refractivity contribution in [1.82, 2.24) is 9.80 Å². The standard InChI is InChI=1S/C15H16N2O2S/c1-16(2)11-17-14(18)13(20-15(17)19)10-6-9-12-7-4-3-5-8-12/h3-10H,11H2,1-2H3/b9-6+,13-10+. The molecule has 104 valence electrons. The number of carbonyl (C=O) groups excluding carboxylic acids is 2. The highest BCUT2D eigenvalue weighted by Gasteiger charge is 2.34. The Labute approximate surface area is 122 Å². The fourth-order valence-electron chi connectivity index (χ4n) is 1.73. The fraction of sp³-hybridized carbons (Fsp3) is 0.200. The first-order chi connectivity index (χ1) is 9.58. The van der Waals surface area contributed by atoms with Gasteiger partial charge in [0.2, 0.25) is 0 Å². The van der Waals surface area contributed by atoms with Gasteiger partial charge in [-0.15, -0.1) is 0 Å². The van der Waals surface area contributed by atoms with Crippen LogP contribution >= 0.6 is 11.8 Å². The summed E-state index contributed by atoms with van der Waals surface area (Å²) >= 11 is 0.980. The minimum absolute atomic E-state index is 0.219. The largest absolute Gasteiger partial charge is 0.294 e. The van der Waals surface area contributed by atoms with Crippen LogP contribution in [-0.4, -0.2) is 41.7 Å². The van der Waals surface area contributed by atoms with E-state index in [1.807, 2.05) is 50.5 Å². The summed E-state index contributed by atoms with van der Waals surface area (Å²) in [5, 5.41) is -0.219. The average molecular weight is 288 g/mol. The number of imide groups is 1. The molecule has 1 aliphatic rings. The molecule has 1 saturated heterocycles. The van der Waals surface area contributed by atoms with E-state index in [9.17, 15) is 9.59 Å². The van der Waals surface area contributed by atoms with Crippen LogP contribution < -0.4 is 0 Å². The van der Waals surface area contributed by atoms with Gasteiger partial charge in [-0.2, -0.15) is 0 Å². The highest BCUT2D eigenvalue weighted by molar-refractivity contribution is 8.18. The summed E-state index contributed by atoms with van der Waals surface area (Å²) in [7, 11) is 3.64. The van der Waals surface area contributed by atoms with Crippen LogP contribution in [0.2, 0.25) is 0 Å². The van der Waals surface area contributed by atoms with Crippen molar-refractivity contribution in [3.63, 3.8) is 0 Å². The molecule has 0 atom stereocenters. The molecule has 0 unspecified atom stereocenters.